The van der Waals surface area contributed by atoms with Crippen LogP contribution < -0.4 is 10.6 Å². The van der Waals surface area contributed by atoms with Gasteiger partial charge in [-0.3, -0.25) is 14.9 Å². The molecule has 0 aliphatic rings. The molecule has 0 atom stereocenters. The highest BCUT2D eigenvalue weighted by Gasteiger charge is 2.16. The number of anilines is 2. The van der Waals surface area contributed by atoms with Gasteiger partial charge < -0.3 is 9.88 Å². The van der Waals surface area contributed by atoms with Crippen LogP contribution in [-0.2, 0) is 22.6 Å². The lowest BCUT2D eigenvalue weighted by Crippen LogP contribution is -2.18. The zero-order valence-corrected chi connectivity index (χ0v) is 17.9. The molecule has 2 heterocycles. The van der Waals surface area contributed by atoms with Gasteiger partial charge in [-0.05, 0) is 32.4 Å². The maximum absolute atomic E-state index is 12.5. The average molecular weight is 432 g/mol. The second-order valence-corrected chi connectivity index (χ2v) is 8.04. The SMILES string of the molecule is CCn1c(CC(=O)Nc2ccc(C)cc2C)nnc1SCC(=O)Nc1nncs1. The Morgan fingerprint density at radius 3 is 2.66 bits per heavy atom. The summed E-state index contributed by atoms with van der Waals surface area (Å²) in [5, 5.41) is 22.4. The Morgan fingerprint density at radius 1 is 1.14 bits per heavy atom. The minimum Gasteiger partial charge on any atom is -0.325 e. The summed E-state index contributed by atoms with van der Waals surface area (Å²) in [6.07, 6.45) is 0.103. The van der Waals surface area contributed by atoms with Crippen molar-refractivity contribution in [1.29, 1.82) is 0 Å². The van der Waals surface area contributed by atoms with Crippen LogP contribution in [0.5, 0.6) is 0 Å². The lowest BCUT2D eigenvalue weighted by molar-refractivity contribution is -0.116. The lowest BCUT2D eigenvalue weighted by Gasteiger charge is -2.10. The van der Waals surface area contributed by atoms with Crippen LogP contribution >= 0.6 is 23.1 Å². The van der Waals surface area contributed by atoms with E-state index in [1.54, 1.807) is 5.51 Å². The Kier molecular flexibility index (Phi) is 6.94. The number of amides is 2. The molecule has 11 heteroatoms. The number of aromatic nitrogens is 5. The molecular formula is C18H21N7O2S2. The number of carbonyl (C=O) groups excluding carboxylic acids is 2. The van der Waals surface area contributed by atoms with Crippen LogP contribution in [0.25, 0.3) is 0 Å². The maximum Gasteiger partial charge on any atom is 0.236 e. The molecule has 3 aromatic rings. The van der Waals surface area contributed by atoms with E-state index in [0.717, 1.165) is 16.8 Å². The summed E-state index contributed by atoms with van der Waals surface area (Å²) in [6.45, 7) is 6.51. The molecule has 0 saturated carbocycles. The third-order valence-electron chi connectivity index (χ3n) is 4.02. The van der Waals surface area contributed by atoms with Crippen LogP contribution in [0.4, 0.5) is 10.8 Å². The Morgan fingerprint density at radius 2 is 1.97 bits per heavy atom. The van der Waals surface area contributed by atoms with Crippen LogP contribution in [-0.4, -0.2) is 42.5 Å². The number of hydrogen-bond acceptors (Lipinski definition) is 8. The van der Waals surface area contributed by atoms with Gasteiger partial charge in [0.2, 0.25) is 16.9 Å². The summed E-state index contributed by atoms with van der Waals surface area (Å²) in [5.74, 6) is 0.352. The molecule has 9 nitrogen and oxygen atoms in total. The molecule has 0 unspecified atom stereocenters. The van der Waals surface area contributed by atoms with E-state index in [9.17, 15) is 9.59 Å². The van der Waals surface area contributed by atoms with Crippen molar-refractivity contribution in [3.05, 3.63) is 40.7 Å². The molecule has 2 aromatic heterocycles. The van der Waals surface area contributed by atoms with E-state index < -0.39 is 0 Å². The smallest absolute Gasteiger partial charge is 0.236 e. The van der Waals surface area contributed by atoms with Crippen molar-refractivity contribution in [2.75, 3.05) is 16.4 Å². The van der Waals surface area contributed by atoms with E-state index in [1.807, 2.05) is 43.5 Å². The van der Waals surface area contributed by atoms with Gasteiger partial charge in [-0.15, -0.1) is 20.4 Å². The fraction of sp³-hybridized carbons (Fsp3) is 0.333. The number of aryl methyl sites for hydroxylation is 2. The minimum atomic E-state index is -0.202. The third kappa shape index (κ3) is 5.61. The summed E-state index contributed by atoms with van der Waals surface area (Å²) in [4.78, 5) is 24.5. The quantitative estimate of drug-likeness (QED) is 0.527. The summed E-state index contributed by atoms with van der Waals surface area (Å²) in [6, 6.07) is 5.87. The van der Waals surface area contributed by atoms with Gasteiger partial charge in [0.1, 0.15) is 11.3 Å². The summed E-state index contributed by atoms with van der Waals surface area (Å²) >= 11 is 2.51. The Hall–Kier alpha value is -2.79. The Bertz CT molecular complexity index is 1000. The molecule has 2 N–H and O–H groups in total. The van der Waals surface area contributed by atoms with Crippen LogP contribution in [0, 0.1) is 13.8 Å². The van der Waals surface area contributed by atoms with Gasteiger partial charge in [-0.1, -0.05) is 40.8 Å². The van der Waals surface area contributed by atoms with Crippen molar-refractivity contribution in [1.82, 2.24) is 25.0 Å². The minimum absolute atomic E-state index is 0.103. The van der Waals surface area contributed by atoms with Gasteiger partial charge in [0, 0.05) is 12.2 Å². The molecule has 29 heavy (non-hydrogen) atoms. The van der Waals surface area contributed by atoms with E-state index in [0.29, 0.717) is 22.7 Å². The van der Waals surface area contributed by atoms with E-state index in [4.69, 9.17) is 0 Å². The molecule has 0 aliphatic heterocycles. The first-order valence-electron chi connectivity index (χ1n) is 8.94. The van der Waals surface area contributed by atoms with Gasteiger partial charge in [0.15, 0.2) is 5.16 Å². The second-order valence-electron chi connectivity index (χ2n) is 6.27. The first-order chi connectivity index (χ1) is 14.0. The fourth-order valence-corrected chi connectivity index (χ4v) is 3.96. The lowest BCUT2D eigenvalue weighted by atomic mass is 10.1. The molecule has 0 fully saturated rings. The standard InChI is InChI=1S/C18H21N7O2S2/c1-4-25-14(8-15(26)20-13-6-5-11(2)7-12(13)3)22-24-18(25)28-9-16(27)21-17-23-19-10-29-17/h5-7,10H,4,8-9H2,1-3H3,(H,20,26)(H,21,23,27). The van der Waals surface area contributed by atoms with Crippen LogP contribution in [0.3, 0.4) is 0 Å². The van der Waals surface area contributed by atoms with E-state index in [2.05, 4.69) is 31.0 Å². The molecular weight excluding hydrogens is 410 g/mol. The predicted octanol–water partition coefficient (Wildman–Crippen LogP) is 2.68. The molecule has 2 amide bonds. The molecule has 1 aromatic carbocycles. The largest absolute Gasteiger partial charge is 0.325 e. The predicted molar refractivity (Wildman–Crippen MR) is 113 cm³/mol. The van der Waals surface area contributed by atoms with Crippen molar-refractivity contribution in [3.63, 3.8) is 0 Å². The summed E-state index contributed by atoms with van der Waals surface area (Å²) in [7, 11) is 0. The van der Waals surface area contributed by atoms with Crippen molar-refractivity contribution in [3.8, 4) is 0 Å². The number of rotatable bonds is 8. The molecule has 0 aliphatic carbocycles. The molecule has 0 saturated heterocycles. The zero-order chi connectivity index (χ0) is 20.8. The number of benzene rings is 1. The first kappa shape index (κ1) is 20.9. The molecule has 0 radical (unpaired) electrons. The average Bonchev–Trinajstić information content (AvgIpc) is 3.32. The fourth-order valence-electron chi connectivity index (χ4n) is 2.68. The third-order valence-corrected chi connectivity index (χ3v) is 5.60. The van der Waals surface area contributed by atoms with Gasteiger partial charge in [-0.25, -0.2) is 0 Å². The summed E-state index contributed by atoms with van der Waals surface area (Å²) < 4.78 is 1.84. The Labute approximate surface area is 176 Å². The summed E-state index contributed by atoms with van der Waals surface area (Å²) in [5.41, 5.74) is 4.48. The normalized spacial score (nSPS) is 10.7. The van der Waals surface area contributed by atoms with Crippen molar-refractivity contribution < 1.29 is 9.59 Å². The number of carbonyl (C=O) groups is 2. The Balaban J connectivity index is 1.59. The monoisotopic (exact) mass is 431 g/mol. The van der Waals surface area contributed by atoms with E-state index in [1.165, 1.54) is 23.1 Å². The van der Waals surface area contributed by atoms with Crippen LogP contribution in [0.2, 0.25) is 0 Å². The van der Waals surface area contributed by atoms with Gasteiger partial charge in [0.05, 0.1) is 12.2 Å². The highest BCUT2D eigenvalue weighted by Crippen LogP contribution is 2.19. The number of thioether (sulfide) groups is 1. The van der Waals surface area contributed by atoms with Crippen molar-refractivity contribution in [2.45, 2.75) is 38.9 Å². The number of nitrogens with one attached hydrogen (secondary N) is 2. The zero-order valence-electron chi connectivity index (χ0n) is 16.3. The highest BCUT2D eigenvalue weighted by molar-refractivity contribution is 7.99. The first-order valence-corrected chi connectivity index (χ1v) is 10.8. The second kappa shape index (κ2) is 9.61. The van der Waals surface area contributed by atoms with Crippen molar-refractivity contribution >= 4 is 45.7 Å². The number of hydrogen-bond donors (Lipinski definition) is 2. The van der Waals surface area contributed by atoms with E-state index >= 15 is 0 Å². The van der Waals surface area contributed by atoms with E-state index in [-0.39, 0.29) is 24.0 Å². The highest BCUT2D eigenvalue weighted by atomic mass is 32.2. The topological polar surface area (TPSA) is 115 Å². The molecule has 0 bridgehead atoms. The molecule has 3 rings (SSSR count). The maximum atomic E-state index is 12.5. The molecule has 0 spiro atoms. The van der Waals surface area contributed by atoms with Gasteiger partial charge in [-0.2, -0.15) is 0 Å². The van der Waals surface area contributed by atoms with Crippen molar-refractivity contribution in [2.24, 2.45) is 0 Å². The number of nitrogens with zero attached hydrogens (tertiary/aromatic N) is 5. The molecule has 152 valence electrons. The van der Waals surface area contributed by atoms with Crippen LogP contribution in [0.1, 0.15) is 23.9 Å². The van der Waals surface area contributed by atoms with Gasteiger partial charge in [0.25, 0.3) is 0 Å². The van der Waals surface area contributed by atoms with Gasteiger partial charge >= 0.3 is 0 Å². The van der Waals surface area contributed by atoms with Crippen LogP contribution in [0.15, 0.2) is 28.9 Å².